The molecule has 6 rings (SSSR count). The molecule has 3 aliphatic heterocycles. The minimum absolute atomic E-state index is 0.0619. The first kappa shape index (κ1) is 16.4. The van der Waals surface area contributed by atoms with E-state index in [9.17, 15) is 4.79 Å². The fourth-order valence-corrected chi connectivity index (χ4v) is 4.56. The van der Waals surface area contributed by atoms with Crippen LogP contribution >= 0.6 is 0 Å². The van der Waals surface area contributed by atoms with Gasteiger partial charge in [-0.1, -0.05) is 66.2 Å². The molecule has 1 spiro atoms. The number of hydrazone groups is 1. The molecule has 0 saturated heterocycles. The molecule has 0 aliphatic carbocycles. The fraction of sp³-hybridized carbons (Fsp3) is 0.167. The van der Waals surface area contributed by atoms with Crippen LogP contribution in [0, 0.1) is 6.92 Å². The Kier molecular flexibility index (Phi) is 3.22. The lowest BCUT2D eigenvalue weighted by molar-refractivity contribution is -0.161. The predicted molar refractivity (Wildman–Crippen MR) is 111 cm³/mol. The number of nitrogens with one attached hydrogen (secondary N) is 1. The highest BCUT2D eigenvalue weighted by Crippen LogP contribution is 2.53. The maximum absolute atomic E-state index is 13.3. The van der Waals surface area contributed by atoms with Crippen molar-refractivity contribution in [1.29, 1.82) is 0 Å². The number of amides is 1. The second kappa shape index (κ2) is 5.70. The quantitative estimate of drug-likeness (QED) is 0.682. The summed E-state index contributed by atoms with van der Waals surface area (Å²) in [7, 11) is 0. The van der Waals surface area contributed by atoms with Crippen molar-refractivity contribution in [3.8, 4) is 5.75 Å². The van der Waals surface area contributed by atoms with E-state index < -0.39 is 5.72 Å². The number of hydrogen-bond donors (Lipinski definition) is 1. The van der Waals surface area contributed by atoms with E-state index >= 15 is 0 Å². The van der Waals surface area contributed by atoms with Gasteiger partial charge in [-0.2, -0.15) is 5.10 Å². The summed E-state index contributed by atoms with van der Waals surface area (Å²) in [5, 5.41) is 9.81. The molecule has 3 aliphatic rings. The number of carbonyl (C=O) groups excluding carboxylic acids is 1. The summed E-state index contributed by atoms with van der Waals surface area (Å²) >= 11 is 0. The summed E-state index contributed by atoms with van der Waals surface area (Å²) in [4.78, 5) is 13.3. The van der Waals surface area contributed by atoms with Gasteiger partial charge in [0.05, 0.1) is 23.0 Å². The number of nitrogens with zero attached hydrogens (tertiary/aromatic N) is 2. The molecular formula is C24H19N3O2. The Balaban J connectivity index is 1.56. The van der Waals surface area contributed by atoms with Gasteiger partial charge in [0, 0.05) is 12.0 Å². The van der Waals surface area contributed by atoms with Gasteiger partial charge in [0.25, 0.3) is 5.91 Å². The third-order valence-electron chi connectivity index (χ3n) is 6.00. The largest absolute Gasteiger partial charge is 0.453 e. The fourth-order valence-electron chi connectivity index (χ4n) is 4.56. The van der Waals surface area contributed by atoms with Crippen LogP contribution in [0.5, 0.6) is 5.75 Å². The van der Waals surface area contributed by atoms with Crippen LogP contribution in [-0.4, -0.2) is 16.6 Å². The standard InChI is InChI=1S/C24H19N3O2/c1-15-10-12-16(13-11-15)20-14-21-17-6-2-5-9-22(17)29-24(27(21)26-20)18-7-3-4-8-19(18)25-23(24)28/h2-13,21H,14H2,1H3,(H,25,28)/t21-,24+/m0/s1. The number of fused-ring (bicyclic) bond motifs is 6. The van der Waals surface area contributed by atoms with Crippen molar-refractivity contribution in [2.45, 2.75) is 25.1 Å². The summed E-state index contributed by atoms with van der Waals surface area (Å²) < 4.78 is 6.44. The average Bonchev–Trinajstić information content (AvgIpc) is 3.30. The lowest BCUT2D eigenvalue weighted by Gasteiger charge is -2.43. The number of hydrogen-bond acceptors (Lipinski definition) is 4. The van der Waals surface area contributed by atoms with Crippen molar-refractivity contribution < 1.29 is 9.53 Å². The molecule has 142 valence electrons. The van der Waals surface area contributed by atoms with E-state index in [0.29, 0.717) is 0 Å². The maximum Gasteiger partial charge on any atom is 0.306 e. The number of rotatable bonds is 1. The van der Waals surface area contributed by atoms with Crippen molar-refractivity contribution in [3.63, 3.8) is 0 Å². The molecule has 1 amide bonds. The zero-order chi connectivity index (χ0) is 19.6. The lowest BCUT2D eigenvalue weighted by Crippen LogP contribution is -2.55. The zero-order valence-electron chi connectivity index (χ0n) is 15.9. The average molecular weight is 381 g/mol. The summed E-state index contributed by atoms with van der Waals surface area (Å²) in [5.41, 5.74) is 4.59. The van der Waals surface area contributed by atoms with Gasteiger partial charge in [-0.25, -0.2) is 5.01 Å². The third-order valence-corrected chi connectivity index (χ3v) is 6.00. The normalized spacial score (nSPS) is 23.8. The molecule has 0 radical (unpaired) electrons. The zero-order valence-corrected chi connectivity index (χ0v) is 15.9. The van der Waals surface area contributed by atoms with Crippen LogP contribution in [0.25, 0.3) is 0 Å². The van der Waals surface area contributed by atoms with Crippen molar-refractivity contribution in [2.24, 2.45) is 5.10 Å². The van der Waals surface area contributed by atoms with Gasteiger partial charge in [-0.3, -0.25) is 4.79 Å². The molecule has 0 aromatic heterocycles. The topological polar surface area (TPSA) is 53.9 Å². The number of ether oxygens (including phenoxy) is 1. The SMILES string of the molecule is Cc1ccc(C2=NN3[C@@H](C2)c2ccccc2O[C@]32C(=O)Nc3ccccc32)cc1. The Morgan fingerprint density at radius 2 is 1.79 bits per heavy atom. The van der Waals surface area contributed by atoms with Gasteiger partial charge in [0.2, 0.25) is 0 Å². The molecule has 3 aromatic carbocycles. The van der Waals surface area contributed by atoms with E-state index in [1.165, 1.54) is 5.56 Å². The Labute approximate surface area is 168 Å². The summed E-state index contributed by atoms with van der Waals surface area (Å²) in [5.74, 6) is 0.535. The van der Waals surface area contributed by atoms with Crippen LogP contribution in [0.4, 0.5) is 5.69 Å². The summed E-state index contributed by atoms with van der Waals surface area (Å²) in [6.45, 7) is 2.07. The van der Waals surface area contributed by atoms with Gasteiger partial charge < -0.3 is 10.1 Å². The minimum Gasteiger partial charge on any atom is -0.453 e. The summed E-state index contributed by atoms with van der Waals surface area (Å²) in [6.07, 6.45) is 0.723. The Hall–Kier alpha value is -3.60. The van der Waals surface area contributed by atoms with E-state index in [1.54, 1.807) is 0 Å². The summed E-state index contributed by atoms with van der Waals surface area (Å²) in [6, 6.07) is 23.9. The van der Waals surface area contributed by atoms with Crippen LogP contribution in [0.15, 0.2) is 77.9 Å². The van der Waals surface area contributed by atoms with E-state index in [1.807, 2.05) is 47.5 Å². The minimum atomic E-state index is -1.29. The van der Waals surface area contributed by atoms with Gasteiger partial charge in [0.15, 0.2) is 0 Å². The molecule has 29 heavy (non-hydrogen) atoms. The third kappa shape index (κ3) is 2.15. The van der Waals surface area contributed by atoms with Gasteiger partial charge >= 0.3 is 5.72 Å². The second-order valence-corrected chi connectivity index (χ2v) is 7.76. The molecule has 0 unspecified atom stereocenters. The van der Waals surface area contributed by atoms with E-state index in [4.69, 9.17) is 9.84 Å². The molecule has 0 fully saturated rings. The van der Waals surface area contributed by atoms with E-state index in [2.05, 4.69) is 42.6 Å². The Morgan fingerprint density at radius 3 is 2.66 bits per heavy atom. The highest BCUT2D eigenvalue weighted by molar-refractivity contribution is 6.07. The van der Waals surface area contributed by atoms with Gasteiger partial charge in [-0.05, 0) is 24.6 Å². The van der Waals surface area contributed by atoms with Crippen LogP contribution in [0.3, 0.4) is 0 Å². The number of aryl methyl sites for hydroxylation is 1. The maximum atomic E-state index is 13.3. The molecule has 0 saturated carbocycles. The van der Waals surface area contributed by atoms with Crippen molar-refractivity contribution >= 4 is 17.3 Å². The molecule has 5 nitrogen and oxygen atoms in total. The molecule has 1 N–H and O–H groups in total. The Morgan fingerprint density at radius 1 is 1.03 bits per heavy atom. The first-order valence-corrected chi connectivity index (χ1v) is 9.79. The van der Waals surface area contributed by atoms with Crippen molar-refractivity contribution in [1.82, 2.24) is 5.01 Å². The van der Waals surface area contributed by atoms with Crippen molar-refractivity contribution in [2.75, 3.05) is 5.32 Å². The number of benzene rings is 3. The van der Waals surface area contributed by atoms with E-state index in [-0.39, 0.29) is 11.9 Å². The van der Waals surface area contributed by atoms with Crippen molar-refractivity contribution in [3.05, 3.63) is 95.1 Å². The molecule has 5 heteroatoms. The number of anilines is 1. The van der Waals surface area contributed by atoms with Crippen LogP contribution < -0.4 is 10.1 Å². The number of carbonyl (C=O) groups is 1. The molecule has 0 bridgehead atoms. The van der Waals surface area contributed by atoms with Crippen LogP contribution in [0.2, 0.25) is 0 Å². The lowest BCUT2D eigenvalue weighted by atomic mass is 9.92. The Bertz CT molecular complexity index is 1180. The molecular weight excluding hydrogens is 362 g/mol. The number of para-hydroxylation sites is 2. The first-order valence-electron chi connectivity index (χ1n) is 9.79. The first-order chi connectivity index (χ1) is 14.2. The second-order valence-electron chi connectivity index (χ2n) is 7.76. The van der Waals surface area contributed by atoms with Crippen LogP contribution in [0.1, 0.15) is 34.7 Å². The highest BCUT2D eigenvalue weighted by Gasteiger charge is 2.60. The van der Waals surface area contributed by atoms with Gasteiger partial charge in [0.1, 0.15) is 5.75 Å². The molecule has 3 aromatic rings. The van der Waals surface area contributed by atoms with Crippen LogP contribution in [-0.2, 0) is 10.5 Å². The van der Waals surface area contributed by atoms with E-state index in [0.717, 1.165) is 40.3 Å². The highest BCUT2D eigenvalue weighted by atomic mass is 16.5. The molecule has 3 heterocycles. The predicted octanol–water partition coefficient (Wildman–Crippen LogP) is 4.34. The van der Waals surface area contributed by atoms with Gasteiger partial charge in [-0.15, -0.1) is 0 Å². The molecule has 2 atom stereocenters. The monoisotopic (exact) mass is 381 g/mol. The smallest absolute Gasteiger partial charge is 0.306 e.